The number of anilines is 1. The first-order valence-electron chi connectivity index (χ1n) is 4.86. The van der Waals surface area contributed by atoms with Crippen molar-refractivity contribution in [2.24, 2.45) is 0 Å². The van der Waals surface area contributed by atoms with Crippen molar-refractivity contribution in [3.8, 4) is 0 Å². The van der Waals surface area contributed by atoms with E-state index in [2.05, 4.69) is 58.7 Å². The lowest BCUT2D eigenvalue weighted by Crippen LogP contribution is -2.18. The molecule has 0 aromatic heterocycles. The molecule has 2 heteroatoms. The molecule has 0 spiro atoms. The second-order valence-electron chi connectivity index (χ2n) is 4.74. The lowest BCUT2D eigenvalue weighted by molar-refractivity contribution is 0.587. The largest absolute Gasteiger partial charge is 0.322 e. The van der Waals surface area contributed by atoms with E-state index in [1.54, 1.807) is 0 Å². The molecule has 0 aliphatic rings. The van der Waals surface area contributed by atoms with E-state index in [0.29, 0.717) is 0 Å². The van der Waals surface area contributed by atoms with Gasteiger partial charge in [-0.2, -0.15) is 0 Å². The maximum Gasteiger partial charge on any atom is 0.0504 e. The van der Waals surface area contributed by atoms with Gasteiger partial charge >= 0.3 is 0 Å². The van der Waals surface area contributed by atoms with Crippen LogP contribution in [0.25, 0.3) is 0 Å². The third-order valence-corrected chi connectivity index (χ3v) is 2.56. The summed E-state index contributed by atoms with van der Waals surface area (Å²) >= 11 is 4.37. The Hall–Kier alpha value is -0.630. The van der Waals surface area contributed by atoms with Crippen LogP contribution in [0.15, 0.2) is 18.2 Å². The molecule has 0 amide bonds. The smallest absolute Gasteiger partial charge is 0.0504 e. The molecule has 0 aliphatic carbocycles. The summed E-state index contributed by atoms with van der Waals surface area (Å²) in [7, 11) is 1.97. The molecule has 0 saturated heterocycles. The van der Waals surface area contributed by atoms with Crippen molar-refractivity contribution >= 4 is 18.5 Å². The first-order valence-corrected chi connectivity index (χ1v) is 5.26. The zero-order chi connectivity index (χ0) is 10.9. The molecule has 1 rings (SSSR count). The summed E-state index contributed by atoms with van der Waals surface area (Å²) < 4.78 is 1.88. The first-order chi connectivity index (χ1) is 6.34. The highest BCUT2D eigenvalue weighted by Crippen LogP contribution is 2.34. The van der Waals surface area contributed by atoms with Gasteiger partial charge in [-0.25, -0.2) is 0 Å². The van der Waals surface area contributed by atoms with E-state index < -0.39 is 0 Å². The Bertz CT molecular complexity index is 324. The van der Waals surface area contributed by atoms with Gasteiger partial charge in [0, 0.05) is 7.05 Å². The van der Waals surface area contributed by atoms with Gasteiger partial charge < -0.3 is 4.31 Å². The molecule has 0 radical (unpaired) electrons. The van der Waals surface area contributed by atoms with Crippen LogP contribution in [0.4, 0.5) is 5.69 Å². The molecule has 0 N–H and O–H groups in total. The van der Waals surface area contributed by atoms with Crippen LogP contribution < -0.4 is 4.31 Å². The van der Waals surface area contributed by atoms with Gasteiger partial charge in [0.2, 0.25) is 0 Å². The quantitative estimate of drug-likeness (QED) is 0.692. The van der Waals surface area contributed by atoms with Crippen molar-refractivity contribution in [2.75, 3.05) is 11.4 Å². The normalized spacial score (nSPS) is 11.6. The zero-order valence-corrected chi connectivity index (χ0v) is 10.5. The Kier molecular flexibility index (Phi) is 3.15. The Balaban J connectivity index is 3.38. The molecule has 0 heterocycles. The first kappa shape index (κ1) is 11.4. The van der Waals surface area contributed by atoms with Crippen LogP contribution in [0.2, 0.25) is 0 Å². The van der Waals surface area contributed by atoms with Crippen LogP contribution in [0, 0.1) is 6.92 Å². The molecule has 78 valence electrons. The van der Waals surface area contributed by atoms with Gasteiger partial charge in [0.1, 0.15) is 0 Å². The van der Waals surface area contributed by atoms with E-state index in [1.807, 2.05) is 11.4 Å². The van der Waals surface area contributed by atoms with E-state index in [1.165, 1.54) is 16.8 Å². The third kappa shape index (κ3) is 2.24. The van der Waals surface area contributed by atoms with Crippen LogP contribution in [0.3, 0.4) is 0 Å². The molecule has 0 bridgehead atoms. The maximum atomic E-state index is 4.37. The molecule has 0 saturated carbocycles. The summed E-state index contributed by atoms with van der Waals surface area (Å²) in [6.45, 7) is 8.85. The molecule has 0 fully saturated rings. The monoisotopic (exact) mass is 209 g/mol. The highest BCUT2D eigenvalue weighted by Gasteiger charge is 2.20. The van der Waals surface area contributed by atoms with Crippen molar-refractivity contribution in [1.29, 1.82) is 0 Å². The Morgan fingerprint density at radius 3 is 2.14 bits per heavy atom. The molecular weight excluding hydrogens is 190 g/mol. The van der Waals surface area contributed by atoms with Gasteiger partial charge in [-0.1, -0.05) is 45.7 Å². The predicted octanol–water partition coefficient (Wildman–Crippen LogP) is 3.57. The molecule has 1 nitrogen and oxygen atoms in total. The standard InChI is InChI=1S/C12H19NS/c1-9-7-6-8-10(13(5)14)11(9)12(2,3)4/h6-8,14H,1-5H3. The van der Waals surface area contributed by atoms with Crippen molar-refractivity contribution < 1.29 is 0 Å². The summed E-state index contributed by atoms with van der Waals surface area (Å²) in [6, 6.07) is 6.34. The van der Waals surface area contributed by atoms with Crippen molar-refractivity contribution in [2.45, 2.75) is 33.1 Å². The van der Waals surface area contributed by atoms with E-state index in [9.17, 15) is 0 Å². The van der Waals surface area contributed by atoms with E-state index >= 15 is 0 Å². The Morgan fingerprint density at radius 1 is 1.21 bits per heavy atom. The molecule has 14 heavy (non-hydrogen) atoms. The minimum Gasteiger partial charge on any atom is -0.322 e. The molecule has 1 aromatic rings. The molecule has 1 aromatic carbocycles. The average Bonchev–Trinajstić information content (AvgIpc) is 2.01. The minimum absolute atomic E-state index is 0.164. The topological polar surface area (TPSA) is 3.24 Å². The predicted molar refractivity (Wildman–Crippen MR) is 67.3 cm³/mol. The molecular formula is C12H19NS. The number of nitrogens with zero attached hydrogens (tertiary/aromatic N) is 1. The number of thiol groups is 1. The molecule has 0 unspecified atom stereocenters. The SMILES string of the molecule is Cc1cccc(N(C)S)c1C(C)(C)C. The van der Waals surface area contributed by atoms with Gasteiger partial charge in [-0.05, 0) is 29.5 Å². The molecule has 0 aliphatic heterocycles. The molecule has 0 atom stereocenters. The third-order valence-electron chi connectivity index (χ3n) is 2.35. The lowest BCUT2D eigenvalue weighted by Gasteiger charge is -2.27. The average molecular weight is 209 g/mol. The van der Waals surface area contributed by atoms with Gasteiger partial charge in [0.05, 0.1) is 5.69 Å². The summed E-state index contributed by atoms with van der Waals surface area (Å²) in [5, 5.41) is 0. The second-order valence-corrected chi connectivity index (χ2v) is 5.34. The number of hydrogen-bond acceptors (Lipinski definition) is 2. The zero-order valence-electron chi connectivity index (χ0n) is 9.63. The van der Waals surface area contributed by atoms with Crippen LogP contribution in [-0.2, 0) is 5.41 Å². The number of benzene rings is 1. The van der Waals surface area contributed by atoms with Gasteiger partial charge in [0.25, 0.3) is 0 Å². The van der Waals surface area contributed by atoms with Crippen molar-refractivity contribution in [1.82, 2.24) is 0 Å². The highest BCUT2D eigenvalue weighted by molar-refractivity contribution is 7.81. The number of hydrogen-bond donors (Lipinski definition) is 1. The second kappa shape index (κ2) is 3.85. The van der Waals surface area contributed by atoms with E-state index in [-0.39, 0.29) is 5.41 Å². The number of rotatable bonds is 1. The Labute approximate surface area is 92.7 Å². The Morgan fingerprint density at radius 2 is 1.79 bits per heavy atom. The van der Waals surface area contributed by atoms with Crippen LogP contribution in [-0.4, -0.2) is 7.05 Å². The van der Waals surface area contributed by atoms with Crippen molar-refractivity contribution in [3.63, 3.8) is 0 Å². The van der Waals surface area contributed by atoms with Gasteiger partial charge in [-0.3, -0.25) is 0 Å². The van der Waals surface area contributed by atoms with E-state index in [0.717, 1.165) is 0 Å². The lowest BCUT2D eigenvalue weighted by atomic mass is 9.83. The van der Waals surface area contributed by atoms with E-state index in [4.69, 9.17) is 0 Å². The summed E-state index contributed by atoms with van der Waals surface area (Å²) in [4.78, 5) is 0. The van der Waals surface area contributed by atoms with Crippen LogP contribution in [0.1, 0.15) is 31.9 Å². The summed E-state index contributed by atoms with van der Waals surface area (Å²) in [5.74, 6) is 0. The number of aryl methyl sites for hydroxylation is 1. The fourth-order valence-corrected chi connectivity index (χ4v) is 2.06. The summed E-state index contributed by atoms with van der Waals surface area (Å²) in [6.07, 6.45) is 0. The van der Waals surface area contributed by atoms with Gasteiger partial charge in [-0.15, -0.1) is 0 Å². The van der Waals surface area contributed by atoms with Crippen LogP contribution in [0.5, 0.6) is 0 Å². The van der Waals surface area contributed by atoms with Crippen molar-refractivity contribution in [3.05, 3.63) is 29.3 Å². The fraction of sp³-hybridized carbons (Fsp3) is 0.500. The highest BCUT2D eigenvalue weighted by atomic mass is 32.1. The van der Waals surface area contributed by atoms with Gasteiger partial charge in [0.15, 0.2) is 0 Å². The fourth-order valence-electron chi connectivity index (χ4n) is 1.90. The minimum atomic E-state index is 0.164. The van der Waals surface area contributed by atoms with Crippen LogP contribution >= 0.6 is 12.8 Å². The maximum absolute atomic E-state index is 4.37. The summed E-state index contributed by atoms with van der Waals surface area (Å²) in [5.41, 5.74) is 4.06.